The van der Waals surface area contributed by atoms with Gasteiger partial charge in [-0.05, 0) is 65.6 Å². The highest BCUT2D eigenvalue weighted by molar-refractivity contribution is 5.92. The molecule has 2 aromatic heterocycles. The lowest BCUT2D eigenvalue weighted by Crippen LogP contribution is -2.36. The molecule has 7 aromatic rings. The summed E-state index contributed by atoms with van der Waals surface area (Å²) >= 11 is 0. The maximum absolute atomic E-state index is 12.4. The van der Waals surface area contributed by atoms with E-state index >= 15 is 0 Å². The Morgan fingerprint density at radius 1 is 0.738 bits per heavy atom. The third-order valence-electron chi connectivity index (χ3n) is 7.84. The highest BCUT2D eigenvalue weighted by Gasteiger charge is 2.22. The Labute approximate surface area is 243 Å². The molecular formula is C36H29N5O. The Balaban J connectivity index is 1.29. The van der Waals surface area contributed by atoms with Crippen LogP contribution in [-0.4, -0.2) is 18.6 Å². The van der Waals surface area contributed by atoms with Crippen molar-refractivity contribution < 1.29 is 9.79 Å². The molecule has 5 aromatic carbocycles. The SMILES string of the molecule is CN(C)c1ccc(/C=c2/c3cc([O-])ccc3n3c2cc(-c2ccc(N=Nc4cccc5ccccc45)cc2)[n+]3C)cc1. The van der Waals surface area contributed by atoms with E-state index in [0.717, 1.165) is 66.3 Å². The first-order valence-corrected chi connectivity index (χ1v) is 13.9. The second-order valence-electron chi connectivity index (χ2n) is 10.7. The molecule has 42 heavy (non-hydrogen) atoms. The number of anilines is 1. The zero-order chi connectivity index (χ0) is 28.8. The molecule has 0 aliphatic heterocycles. The normalized spacial score (nSPS) is 12.3. The molecule has 0 saturated carbocycles. The van der Waals surface area contributed by atoms with Crippen molar-refractivity contribution in [1.82, 2.24) is 4.52 Å². The van der Waals surface area contributed by atoms with E-state index in [1.807, 2.05) is 56.6 Å². The minimum Gasteiger partial charge on any atom is -0.872 e. The Hall–Kier alpha value is -5.49. The molecule has 0 saturated heterocycles. The number of fused-ring (bicyclic) bond motifs is 4. The Morgan fingerprint density at radius 3 is 2.29 bits per heavy atom. The molecule has 0 radical (unpaired) electrons. The molecule has 0 N–H and O–H groups in total. The minimum absolute atomic E-state index is 0.00416. The van der Waals surface area contributed by atoms with Crippen LogP contribution >= 0.6 is 0 Å². The molecule has 0 atom stereocenters. The third-order valence-corrected chi connectivity index (χ3v) is 7.84. The van der Waals surface area contributed by atoms with Crippen molar-refractivity contribution >= 4 is 50.3 Å². The van der Waals surface area contributed by atoms with Crippen LogP contribution in [0.5, 0.6) is 5.75 Å². The molecule has 0 aliphatic rings. The van der Waals surface area contributed by atoms with Crippen LogP contribution < -0.4 is 19.9 Å². The number of aromatic nitrogens is 2. The van der Waals surface area contributed by atoms with Gasteiger partial charge in [0.1, 0.15) is 11.0 Å². The van der Waals surface area contributed by atoms with Gasteiger partial charge in [-0.25, -0.2) is 0 Å². The maximum Gasteiger partial charge on any atom is 0.239 e. The van der Waals surface area contributed by atoms with Gasteiger partial charge in [-0.15, -0.1) is 20.1 Å². The molecule has 204 valence electrons. The molecule has 0 spiro atoms. The summed E-state index contributed by atoms with van der Waals surface area (Å²) < 4.78 is 4.32. The van der Waals surface area contributed by atoms with Gasteiger partial charge in [-0.1, -0.05) is 60.7 Å². The fraction of sp³-hybridized carbons (Fsp3) is 0.0833. The molecule has 6 heteroatoms. The molecule has 0 aliphatic carbocycles. The first-order chi connectivity index (χ1) is 20.5. The summed E-state index contributed by atoms with van der Waals surface area (Å²) in [5.74, 6) is 0.00416. The Kier molecular flexibility index (Phi) is 6.16. The van der Waals surface area contributed by atoms with Crippen molar-refractivity contribution in [1.29, 1.82) is 0 Å². The summed E-state index contributed by atoms with van der Waals surface area (Å²) in [6, 6.07) is 38.3. The average molecular weight is 548 g/mol. The smallest absolute Gasteiger partial charge is 0.239 e. The fourth-order valence-electron chi connectivity index (χ4n) is 5.65. The van der Waals surface area contributed by atoms with Gasteiger partial charge in [0.25, 0.3) is 0 Å². The van der Waals surface area contributed by atoms with E-state index in [1.165, 1.54) is 0 Å². The quantitative estimate of drug-likeness (QED) is 0.175. The van der Waals surface area contributed by atoms with Crippen molar-refractivity contribution in [3.63, 3.8) is 0 Å². The average Bonchev–Trinajstić information content (AvgIpc) is 3.50. The summed E-state index contributed by atoms with van der Waals surface area (Å²) in [4.78, 5) is 2.08. The van der Waals surface area contributed by atoms with Crippen LogP contribution in [0.2, 0.25) is 0 Å². The molecule has 0 unspecified atom stereocenters. The first kappa shape index (κ1) is 25.5. The van der Waals surface area contributed by atoms with Gasteiger partial charge in [0.15, 0.2) is 7.05 Å². The van der Waals surface area contributed by atoms with Crippen molar-refractivity contribution in [2.45, 2.75) is 0 Å². The predicted molar refractivity (Wildman–Crippen MR) is 169 cm³/mol. The highest BCUT2D eigenvalue weighted by atomic mass is 16.3. The Bertz CT molecular complexity index is 2170. The van der Waals surface area contributed by atoms with Gasteiger partial charge >= 0.3 is 0 Å². The zero-order valence-corrected chi connectivity index (χ0v) is 23.7. The molecule has 0 bridgehead atoms. The molecule has 0 amide bonds. The van der Waals surface area contributed by atoms with Crippen LogP contribution in [0.1, 0.15) is 5.56 Å². The predicted octanol–water partition coefficient (Wildman–Crippen LogP) is 6.84. The van der Waals surface area contributed by atoms with Crippen LogP contribution in [0.3, 0.4) is 0 Å². The van der Waals surface area contributed by atoms with Gasteiger partial charge in [-0.2, -0.15) is 5.11 Å². The van der Waals surface area contributed by atoms with Crippen molar-refractivity contribution in [2.24, 2.45) is 17.3 Å². The fourth-order valence-corrected chi connectivity index (χ4v) is 5.65. The lowest BCUT2D eigenvalue weighted by Gasteiger charge is -2.11. The van der Waals surface area contributed by atoms with Crippen LogP contribution in [0.25, 0.3) is 44.5 Å². The van der Waals surface area contributed by atoms with Gasteiger partial charge in [0, 0.05) is 47.4 Å². The van der Waals surface area contributed by atoms with E-state index in [0.29, 0.717) is 0 Å². The summed E-state index contributed by atoms with van der Waals surface area (Å²) in [6.07, 6.45) is 2.16. The molecule has 0 fully saturated rings. The number of hydrogen-bond acceptors (Lipinski definition) is 4. The van der Waals surface area contributed by atoms with E-state index in [4.69, 9.17) is 0 Å². The second kappa shape index (κ2) is 10.2. The minimum atomic E-state index is 0.00416. The summed E-state index contributed by atoms with van der Waals surface area (Å²) in [5, 5.41) is 25.6. The molecule has 6 nitrogen and oxygen atoms in total. The molecule has 7 rings (SSSR count). The van der Waals surface area contributed by atoms with Crippen LogP contribution in [-0.2, 0) is 7.05 Å². The summed E-state index contributed by atoms with van der Waals surface area (Å²) in [7, 11) is 6.12. The van der Waals surface area contributed by atoms with Crippen molar-refractivity contribution in [3.05, 3.63) is 126 Å². The van der Waals surface area contributed by atoms with Crippen molar-refractivity contribution in [3.8, 4) is 17.0 Å². The second-order valence-corrected chi connectivity index (χ2v) is 10.7. The number of hydrogen-bond donors (Lipinski definition) is 0. The molecular weight excluding hydrogens is 518 g/mol. The zero-order valence-electron chi connectivity index (χ0n) is 23.7. The number of nitrogens with zero attached hydrogens (tertiary/aromatic N) is 5. The van der Waals surface area contributed by atoms with E-state index in [1.54, 1.807) is 12.1 Å². The van der Waals surface area contributed by atoms with Crippen LogP contribution in [0, 0.1) is 0 Å². The maximum atomic E-state index is 12.4. The third kappa shape index (κ3) is 4.43. The van der Waals surface area contributed by atoms with E-state index in [9.17, 15) is 5.11 Å². The van der Waals surface area contributed by atoms with Gasteiger partial charge in [-0.3, -0.25) is 0 Å². The Morgan fingerprint density at radius 2 is 1.50 bits per heavy atom. The number of aryl methyl sites for hydroxylation is 1. The monoisotopic (exact) mass is 547 g/mol. The van der Waals surface area contributed by atoms with Gasteiger partial charge in [0.2, 0.25) is 5.69 Å². The number of azo groups is 1. The number of benzene rings is 5. The lowest BCUT2D eigenvalue weighted by atomic mass is 10.1. The summed E-state index contributed by atoms with van der Waals surface area (Å²) in [5.41, 5.74) is 8.03. The molecule has 2 heterocycles. The van der Waals surface area contributed by atoms with E-state index in [-0.39, 0.29) is 5.75 Å². The standard InChI is InChI=1S/C36H29N5O/c1-39(2)28-17-11-24(12-18-28)21-31-32-22-29(42)19-20-34(32)41-36(31)23-35(40(41)3)26-13-15-27(16-14-26)37-38-33-10-6-8-25-7-4-5-9-30(25)33/h4-23H,1-3H3. The van der Waals surface area contributed by atoms with Crippen LogP contribution in [0.4, 0.5) is 17.1 Å². The van der Waals surface area contributed by atoms with Gasteiger partial charge in [0.05, 0.1) is 11.4 Å². The number of rotatable bonds is 5. The van der Waals surface area contributed by atoms with E-state index < -0.39 is 0 Å². The van der Waals surface area contributed by atoms with E-state index in [2.05, 4.69) is 98.1 Å². The van der Waals surface area contributed by atoms with Crippen LogP contribution in [0.15, 0.2) is 125 Å². The van der Waals surface area contributed by atoms with Gasteiger partial charge < -0.3 is 10.0 Å². The topological polar surface area (TPSA) is 59.3 Å². The van der Waals surface area contributed by atoms with Crippen molar-refractivity contribution in [2.75, 3.05) is 19.0 Å². The summed E-state index contributed by atoms with van der Waals surface area (Å²) in [6.45, 7) is 0. The largest absolute Gasteiger partial charge is 0.872 e. The lowest BCUT2D eigenvalue weighted by molar-refractivity contribution is -0.725. The first-order valence-electron chi connectivity index (χ1n) is 13.9. The highest BCUT2D eigenvalue weighted by Crippen LogP contribution is 2.29.